The van der Waals surface area contributed by atoms with E-state index in [0.717, 1.165) is 6.61 Å². The molecule has 6 nitrogen and oxygen atoms in total. The van der Waals surface area contributed by atoms with E-state index in [1.807, 2.05) is 18.2 Å². The fraction of sp³-hybridized carbons (Fsp3) is 0.643. The first-order valence-electron chi connectivity index (χ1n) is 6.63. The Kier molecular flexibility index (Phi) is 10.4. The van der Waals surface area contributed by atoms with Gasteiger partial charge in [-0.25, -0.2) is 0 Å². The molecule has 21 heavy (non-hydrogen) atoms. The highest BCUT2D eigenvalue weighted by molar-refractivity contribution is 7.80. The van der Waals surface area contributed by atoms with Crippen LogP contribution < -0.4 is 0 Å². The summed E-state index contributed by atoms with van der Waals surface area (Å²) in [5.74, 6) is -0.122. The minimum atomic E-state index is -1.62. The lowest BCUT2D eigenvalue weighted by atomic mass is 9.96. The molecule has 0 bridgehead atoms. The van der Waals surface area contributed by atoms with Crippen LogP contribution in [0, 0.1) is 5.92 Å². The molecule has 4 unspecified atom stereocenters. The molecule has 0 saturated heterocycles. The second-order valence-corrected chi connectivity index (χ2v) is 5.29. The van der Waals surface area contributed by atoms with Crippen molar-refractivity contribution in [3.05, 3.63) is 24.5 Å². The van der Waals surface area contributed by atoms with E-state index < -0.39 is 31.0 Å². The standard InChI is InChI=1S/C9H18O5S.C5H6O/c1-4(2)9(15)8(14)7(13)6(12)5(11)3-10;1-2-4-6-5-3-1/h4-8,10-14H,3H2,1-2H3;1-4H,5H2. The van der Waals surface area contributed by atoms with Crippen molar-refractivity contribution in [3.8, 4) is 0 Å². The summed E-state index contributed by atoms with van der Waals surface area (Å²) in [4.78, 5) is 0.201. The largest absolute Gasteiger partial charge is 0.497 e. The average Bonchev–Trinajstić information content (AvgIpc) is 2.53. The molecular weight excluding hydrogens is 296 g/mol. The van der Waals surface area contributed by atoms with Gasteiger partial charge in [-0.15, -0.1) is 0 Å². The highest BCUT2D eigenvalue weighted by atomic mass is 32.1. The van der Waals surface area contributed by atoms with Crippen LogP contribution in [0.4, 0.5) is 0 Å². The average molecular weight is 320 g/mol. The van der Waals surface area contributed by atoms with E-state index in [1.54, 1.807) is 20.1 Å². The van der Waals surface area contributed by atoms with E-state index in [9.17, 15) is 15.3 Å². The van der Waals surface area contributed by atoms with Crippen molar-refractivity contribution in [2.24, 2.45) is 5.92 Å². The molecule has 1 heterocycles. The molecule has 4 atom stereocenters. The lowest BCUT2D eigenvalue weighted by molar-refractivity contribution is -0.101. The van der Waals surface area contributed by atoms with Crippen LogP contribution in [0.15, 0.2) is 24.5 Å². The first-order chi connectivity index (χ1) is 9.82. The van der Waals surface area contributed by atoms with Crippen LogP contribution in [0.5, 0.6) is 0 Å². The maximum absolute atomic E-state index is 9.53. The normalized spacial score (nSPS) is 19.0. The van der Waals surface area contributed by atoms with E-state index in [0.29, 0.717) is 0 Å². The third-order valence-corrected chi connectivity index (χ3v) is 3.44. The van der Waals surface area contributed by atoms with Crippen LogP contribution in [-0.2, 0) is 4.74 Å². The van der Waals surface area contributed by atoms with Gasteiger partial charge in [-0.3, -0.25) is 0 Å². The molecule has 1 aliphatic rings. The van der Waals surface area contributed by atoms with Crippen LogP contribution >= 0.6 is 12.2 Å². The van der Waals surface area contributed by atoms with Gasteiger partial charge >= 0.3 is 0 Å². The van der Waals surface area contributed by atoms with Gasteiger partial charge in [0.05, 0.1) is 12.9 Å². The van der Waals surface area contributed by atoms with E-state index >= 15 is 0 Å². The zero-order valence-electron chi connectivity index (χ0n) is 12.2. The van der Waals surface area contributed by atoms with Gasteiger partial charge < -0.3 is 30.3 Å². The molecule has 0 aliphatic carbocycles. The van der Waals surface area contributed by atoms with Crippen LogP contribution in [-0.4, -0.2) is 68.0 Å². The molecule has 0 spiro atoms. The summed E-state index contributed by atoms with van der Waals surface area (Å²) in [6.45, 7) is 3.52. The maximum atomic E-state index is 9.53. The van der Waals surface area contributed by atoms with Crippen molar-refractivity contribution >= 4 is 17.1 Å². The minimum absolute atomic E-state index is 0.122. The van der Waals surface area contributed by atoms with Crippen molar-refractivity contribution in [1.29, 1.82) is 0 Å². The van der Waals surface area contributed by atoms with Crippen molar-refractivity contribution in [3.63, 3.8) is 0 Å². The number of hydrogen-bond acceptors (Lipinski definition) is 7. The van der Waals surface area contributed by atoms with Crippen LogP contribution in [0.2, 0.25) is 0 Å². The number of allylic oxidation sites excluding steroid dienone is 2. The number of aliphatic hydroxyl groups is 5. The summed E-state index contributed by atoms with van der Waals surface area (Å²) < 4.78 is 4.80. The van der Waals surface area contributed by atoms with Crippen LogP contribution in [0.3, 0.4) is 0 Å². The first-order valence-corrected chi connectivity index (χ1v) is 7.03. The van der Waals surface area contributed by atoms with Gasteiger partial charge in [-0.1, -0.05) is 32.1 Å². The third kappa shape index (κ3) is 7.66. The van der Waals surface area contributed by atoms with Gasteiger partial charge in [0.25, 0.3) is 0 Å². The molecule has 0 saturated carbocycles. The quantitative estimate of drug-likeness (QED) is 0.421. The number of ether oxygens (including phenoxy) is 1. The second kappa shape index (κ2) is 10.8. The van der Waals surface area contributed by atoms with Crippen molar-refractivity contribution in [2.45, 2.75) is 38.3 Å². The fourth-order valence-electron chi connectivity index (χ4n) is 1.38. The monoisotopic (exact) mass is 320 g/mol. The van der Waals surface area contributed by atoms with E-state index in [4.69, 9.17) is 27.2 Å². The first kappa shape index (κ1) is 20.2. The lowest BCUT2D eigenvalue weighted by Gasteiger charge is -2.27. The molecule has 0 aromatic heterocycles. The zero-order chi connectivity index (χ0) is 16.4. The smallest absolute Gasteiger partial charge is 0.114 e. The molecule has 0 radical (unpaired) electrons. The van der Waals surface area contributed by atoms with Crippen LogP contribution in [0.1, 0.15) is 13.8 Å². The molecule has 0 aromatic rings. The topological polar surface area (TPSA) is 110 Å². The van der Waals surface area contributed by atoms with Gasteiger partial charge in [0, 0.05) is 4.86 Å². The minimum Gasteiger partial charge on any atom is -0.497 e. The Morgan fingerprint density at radius 2 is 1.76 bits per heavy atom. The Labute approximate surface area is 130 Å². The van der Waals surface area contributed by atoms with E-state index in [2.05, 4.69) is 0 Å². The summed E-state index contributed by atoms with van der Waals surface area (Å²) in [5, 5.41) is 45.9. The lowest BCUT2D eigenvalue weighted by Crippen LogP contribution is -2.49. The van der Waals surface area contributed by atoms with Gasteiger partial charge in [0.2, 0.25) is 0 Å². The molecular formula is C14H24O6S. The number of thiocarbonyl (C=S) groups is 1. The van der Waals surface area contributed by atoms with Crippen molar-refractivity contribution in [2.75, 3.05) is 13.2 Å². The van der Waals surface area contributed by atoms with Gasteiger partial charge in [-0.05, 0) is 18.1 Å². The molecule has 122 valence electrons. The van der Waals surface area contributed by atoms with Crippen molar-refractivity contribution < 1.29 is 30.3 Å². The molecule has 1 aliphatic heterocycles. The Morgan fingerprint density at radius 3 is 2.05 bits per heavy atom. The molecule has 0 fully saturated rings. The van der Waals surface area contributed by atoms with Gasteiger partial charge in [-0.2, -0.15) is 0 Å². The number of aliphatic hydroxyl groups excluding tert-OH is 5. The summed E-state index contributed by atoms with van der Waals surface area (Å²) in [6, 6.07) is 0. The Hall–Kier alpha value is -0.830. The van der Waals surface area contributed by atoms with E-state index in [1.165, 1.54) is 0 Å². The Bertz CT molecular complexity index is 343. The highest BCUT2D eigenvalue weighted by Gasteiger charge is 2.32. The summed E-state index contributed by atoms with van der Waals surface area (Å²) in [7, 11) is 0. The predicted molar refractivity (Wildman–Crippen MR) is 82.8 cm³/mol. The molecule has 1 rings (SSSR count). The molecule has 0 amide bonds. The Morgan fingerprint density at radius 1 is 1.14 bits per heavy atom. The van der Waals surface area contributed by atoms with E-state index in [-0.39, 0.29) is 10.8 Å². The van der Waals surface area contributed by atoms with Crippen molar-refractivity contribution in [1.82, 2.24) is 0 Å². The highest BCUT2D eigenvalue weighted by Crippen LogP contribution is 2.11. The number of hydrogen-bond donors (Lipinski definition) is 5. The molecule has 7 heteroatoms. The third-order valence-electron chi connectivity index (χ3n) is 2.73. The maximum Gasteiger partial charge on any atom is 0.114 e. The predicted octanol–water partition coefficient (Wildman–Crippen LogP) is -0.465. The zero-order valence-corrected chi connectivity index (χ0v) is 13.0. The SMILES string of the molecule is C1=CCOC=C1.CC(C)C(=S)C(O)C(O)C(O)C(O)CO. The molecule has 0 aromatic carbocycles. The van der Waals surface area contributed by atoms with Gasteiger partial charge in [0.1, 0.15) is 31.0 Å². The van der Waals surface area contributed by atoms with Crippen LogP contribution in [0.25, 0.3) is 0 Å². The second-order valence-electron chi connectivity index (χ2n) is 4.82. The number of rotatable bonds is 6. The molecule has 5 N–H and O–H groups in total. The Balaban J connectivity index is 0.000000547. The summed E-state index contributed by atoms with van der Waals surface area (Å²) >= 11 is 4.85. The van der Waals surface area contributed by atoms with Gasteiger partial charge in [0.15, 0.2) is 0 Å². The summed E-state index contributed by atoms with van der Waals surface area (Å²) in [5.41, 5.74) is 0. The summed E-state index contributed by atoms with van der Waals surface area (Å²) in [6.07, 6.45) is 1.36. The fourth-order valence-corrected chi connectivity index (χ4v) is 1.52.